The van der Waals surface area contributed by atoms with Crippen molar-refractivity contribution in [3.05, 3.63) is 115 Å². The predicted octanol–water partition coefficient (Wildman–Crippen LogP) is 9.98. The zero-order valence-electron chi connectivity index (χ0n) is 41.1. The van der Waals surface area contributed by atoms with Crippen LogP contribution in [-0.2, 0) is 24.5 Å². The van der Waals surface area contributed by atoms with E-state index in [1.807, 2.05) is 49.9 Å². The Morgan fingerprint density at radius 2 is 1.06 bits per heavy atom. The van der Waals surface area contributed by atoms with Gasteiger partial charge in [-0.1, -0.05) is 109 Å². The number of aromatic amines is 2. The van der Waals surface area contributed by atoms with Gasteiger partial charge >= 0.3 is 12.2 Å². The molecule has 0 saturated carbocycles. The fraction of sp³-hybridized carbons (Fsp3) is 0.407. The summed E-state index contributed by atoms with van der Waals surface area (Å²) in [6.07, 6.45) is 7.72. The molecule has 15 nitrogen and oxygen atoms in total. The number of likely N-dealkylation sites (tertiary alicyclic amines) is 2. The minimum absolute atomic E-state index is 0.00166. The molecule has 4 atom stereocenters. The molecule has 362 valence electrons. The van der Waals surface area contributed by atoms with Crippen molar-refractivity contribution >= 4 is 24.0 Å². The fourth-order valence-corrected chi connectivity index (χ4v) is 9.63. The number of nitrogens with zero attached hydrogens (tertiary/aromatic N) is 5. The highest BCUT2D eigenvalue weighted by molar-refractivity contribution is 5.88. The third-order valence-corrected chi connectivity index (χ3v) is 13.6. The Morgan fingerprint density at radius 1 is 0.623 bits per heavy atom. The molecule has 6 aromatic rings. The van der Waals surface area contributed by atoms with Crippen LogP contribution in [0, 0.1) is 11.8 Å². The van der Waals surface area contributed by atoms with Gasteiger partial charge in [0.15, 0.2) is 0 Å². The third-order valence-electron chi connectivity index (χ3n) is 13.6. The number of carbonyl (C=O) groups is 4. The number of aromatic nitrogens is 5. The van der Waals surface area contributed by atoms with Gasteiger partial charge in [-0.2, -0.15) is 0 Å². The van der Waals surface area contributed by atoms with Crippen LogP contribution in [-0.4, -0.2) is 97.7 Å². The van der Waals surface area contributed by atoms with Crippen LogP contribution in [0.5, 0.6) is 0 Å². The van der Waals surface area contributed by atoms with Crippen molar-refractivity contribution < 1.29 is 28.7 Å². The molecule has 5 heterocycles. The second kappa shape index (κ2) is 20.2. The number of H-pyrrole nitrogens is 2. The highest BCUT2D eigenvalue weighted by atomic mass is 16.5. The number of rotatable bonds is 13. The van der Waals surface area contributed by atoms with Gasteiger partial charge in [-0.3, -0.25) is 9.59 Å². The molecule has 69 heavy (non-hydrogen) atoms. The van der Waals surface area contributed by atoms with E-state index in [1.54, 1.807) is 0 Å². The first-order chi connectivity index (χ1) is 33.1. The van der Waals surface area contributed by atoms with Crippen molar-refractivity contribution in [2.24, 2.45) is 11.8 Å². The smallest absolute Gasteiger partial charge is 0.407 e. The summed E-state index contributed by atoms with van der Waals surface area (Å²) in [7, 11) is 2.59. The van der Waals surface area contributed by atoms with Crippen LogP contribution in [0.25, 0.3) is 50.6 Å². The minimum atomic E-state index is -0.705. The molecule has 15 heteroatoms. The van der Waals surface area contributed by atoms with Crippen molar-refractivity contribution in [1.82, 2.24) is 44.9 Å². The van der Waals surface area contributed by atoms with Gasteiger partial charge in [0.2, 0.25) is 11.8 Å². The molecule has 2 aliphatic heterocycles. The van der Waals surface area contributed by atoms with Gasteiger partial charge in [0.25, 0.3) is 0 Å². The van der Waals surface area contributed by atoms with Gasteiger partial charge in [0, 0.05) is 30.5 Å². The van der Waals surface area contributed by atoms with Crippen LogP contribution in [0.1, 0.15) is 103 Å². The van der Waals surface area contributed by atoms with E-state index in [-0.39, 0.29) is 41.1 Å². The highest BCUT2D eigenvalue weighted by Gasteiger charge is 2.39. The van der Waals surface area contributed by atoms with E-state index in [4.69, 9.17) is 19.4 Å². The molecule has 4 amide bonds. The average molecular weight is 936 g/mol. The summed E-state index contributed by atoms with van der Waals surface area (Å²) in [5.74, 6) is 0.907. The summed E-state index contributed by atoms with van der Waals surface area (Å²) in [4.78, 5) is 71.8. The number of imidazole rings is 2. The lowest BCUT2D eigenvalue weighted by atomic mass is 9.86. The molecule has 3 aromatic heterocycles. The molecule has 0 radical (unpaired) electrons. The quantitative estimate of drug-likeness (QED) is 0.0884. The van der Waals surface area contributed by atoms with Crippen molar-refractivity contribution in [2.45, 2.75) is 104 Å². The highest BCUT2D eigenvalue weighted by Crippen LogP contribution is 2.39. The molecular weight excluding hydrogens is 871 g/mol. The standard InChI is InChI=1S/C54H65N9O6/c1-32(2)45(59-52(66)68-8)50(64)62-27-10-12-43(62)48-55-30-41(57-48)35-16-14-34(15-17-35)40-26-29-61(47(40)37-18-22-38(23-19-37)54(5,6)7)39-24-20-36(21-25-39)42-31-56-49(58-42)44-13-11-28-63(44)51(65)46(33(3)4)60-53(67)69-9/h14-26,29-33,43-46H,10-13,27-28H2,1-9H3,(H,55,57)(H,56,58)(H,59,66)(H,60,67)/t43-,44-,45-,46-/m0/s1. The molecule has 2 aliphatic rings. The molecule has 0 unspecified atom stereocenters. The van der Waals surface area contributed by atoms with E-state index in [0.29, 0.717) is 18.9 Å². The molecular formula is C54H65N9O6. The van der Waals surface area contributed by atoms with Crippen molar-refractivity contribution in [3.63, 3.8) is 0 Å². The lowest BCUT2D eigenvalue weighted by Crippen LogP contribution is -2.51. The third kappa shape index (κ3) is 10.2. The molecule has 8 rings (SSSR count). The monoisotopic (exact) mass is 936 g/mol. The zero-order valence-corrected chi connectivity index (χ0v) is 41.1. The van der Waals surface area contributed by atoms with E-state index >= 15 is 0 Å². The number of hydrogen-bond donors (Lipinski definition) is 4. The lowest BCUT2D eigenvalue weighted by Gasteiger charge is -2.30. The number of carbonyl (C=O) groups excluding carboxylic acids is 4. The van der Waals surface area contributed by atoms with Gasteiger partial charge in [-0.15, -0.1) is 0 Å². The van der Waals surface area contributed by atoms with Gasteiger partial charge in [-0.05, 0) is 89.0 Å². The van der Waals surface area contributed by atoms with Gasteiger partial charge in [-0.25, -0.2) is 19.6 Å². The van der Waals surface area contributed by atoms with E-state index in [1.165, 1.54) is 19.8 Å². The number of ether oxygens (including phenoxy) is 2. The number of nitrogens with one attached hydrogen (secondary N) is 4. The van der Waals surface area contributed by atoms with Crippen LogP contribution >= 0.6 is 0 Å². The first-order valence-electron chi connectivity index (χ1n) is 24.0. The molecule has 2 saturated heterocycles. The van der Waals surface area contributed by atoms with Crippen LogP contribution in [0.15, 0.2) is 97.5 Å². The van der Waals surface area contributed by atoms with Crippen molar-refractivity contribution in [1.29, 1.82) is 0 Å². The Bertz CT molecular complexity index is 2600. The van der Waals surface area contributed by atoms with E-state index in [2.05, 4.69) is 131 Å². The fourth-order valence-electron chi connectivity index (χ4n) is 9.63. The molecule has 2 fully saturated rings. The molecule has 0 aliphatic carbocycles. The maximum atomic E-state index is 13.7. The average Bonchev–Trinajstić information content (AvgIpc) is 4.21. The number of alkyl carbamates (subject to hydrolysis) is 2. The number of benzene rings is 3. The zero-order chi connectivity index (χ0) is 49.1. The maximum absolute atomic E-state index is 13.7. The molecule has 0 spiro atoms. The van der Waals surface area contributed by atoms with Gasteiger partial charge in [0.1, 0.15) is 23.7 Å². The Morgan fingerprint density at radius 3 is 1.49 bits per heavy atom. The Balaban J connectivity index is 1.04. The summed E-state index contributed by atoms with van der Waals surface area (Å²) < 4.78 is 11.8. The lowest BCUT2D eigenvalue weighted by molar-refractivity contribution is -0.136. The number of hydrogen-bond acceptors (Lipinski definition) is 8. The number of methoxy groups -OCH3 is 2. The molecule has 4 N–H and O–H groups in total. The summed E-state index contributed by atoms with van der Waals surface area (Å²) >= 11 is 0. The summed E-state index contributed by atoms with van der Waals surface area (Å²) in [6.45, 7) is 15.5. The van der Waals surface area contributed by atoms with E-state index in [9.17, 15) is 19.2 Å². The minimum Gasteiger partial charge on any atom is -0.453 e. The summed E-state index contributed by atoms with van der Waals surface area (Å²) in [5, 5.41) is 5.44. The topological polar surface area (TPSA) is 180 Å². The summed E-state index contributed by atoms with van der Waals surface area (Å²) in [6, 6.07) is 26.0. The van der Waals surface area contributed by atoms with E-state index in [0.717, 1.165) is 82.1 Å². The second-order valence-corrected chi connectivity index (χ2v) is 19.9. The van der Waals surface area contributed by atoms with E-state index < -0.39 is 24.3 Å². The largest absolute Gasteiger partial charge is 0.453 e. The SMILES string of the molecule is COC(=O)N[C@H](C(=O)N1CCC[C@H]1c1ncc(-c2ccc(-c3ccn(-c4ccc(-c5cnc([C@@H]6CCCN6C(=O)[C@@H](NC(=O)OC)C(C)C)[nH]5)cc4)c3-c3ccc(C(C)(C)C)cc3)cc2)[nH]1)C(C)C. The van der Waals surface area contributed by atoms with Gasteiger partial charge < -0.3 is 44.4 Å². The first kappa shape index (κ1) is 48.3. The van der Waals surface area contributed by atoms with Crippen molar-refractivity contribution in [2.75, 3.05) is 27.3 Å². The van der Waals surface area contributed by atoms with Crippen LogP contribution < -0.4 is 10.6 Å². The van der Waals surface area contributed by atoms with Gasteiger partial charge in [0.05, 0.1) is 55.8 Å². The molecule has 0 bridgehead atoms. The first-order valence-corrected chi connectivity index (χ1v) is 24.0. The Labute approximate surface area is 404 Å². The Kier molecular flexibility index (Phi) is 14.1. The van der Waals surface area contributed by atoms with Crippen LogP contribution in [0.4, 0.5) is 9.59 Å². The summed E-state index contributed by atoms with van der Waals surface area (Å²) in [5.41, 5.74) is 10.2. The normalized spacial score (nSPS) is 17.0. The predicted molar refractivity (Wildman–Crippen MR) is 266 cm³/mol. The van der Waals surface area contributed by atoms with Crippen molar-refractivity contribution in [3.8, 4) is 50.6 Å². The maximum Gasteiger partial charge on any atom is 0.407 e. The number of amides is 4. The Hall–Kier alpha value is -7.16. The molecule has 3 aromatic carbocycles. The van der Waals surface area contributed by atoms with Crippen LogP contribution in [0.2, 0.25) is 0 Å². The van der Waals surface area contributed by atoms with Crippen LogP contribution in [0.3, 0.4) is 0 Å². The second-order valence-electron chi connectivity index (χ2n) is 19.9.